The molecule has 4 aliphatic rings. The molecular formula is C23H30FNO3. The second-order valence-corrected chi connectivity index (χ2v) is 9.69. The maximum atomic E-state index is 13.0. The van der Waals surface area contributed by atoms with Crippen LogP contribution in [0.2, 0.25) is 0 Å². The van der Waals surface area contributed by atoms with Crippen LogP contribution < -0.4 is 5.32 Å². The highest BCUT2D eigenvalue weighted by atomic mass is 19.1. The van der Waals surface area contributed by atoms with Crippen molar-refractivity contribution in [3.63, 3.8) is 0 Å². The van der Waals surface area contributed by atoms with Gasteiger partial charge in [0, 0.05) is 12.5 Å². The van der Waals surface area contributed by atoms with E-state index in [4.69, 9.17) is 9.47 Å². The Hall–Kier alpha value is -1.46. The van der Waals surface area contributed by atoms with Crippen molar-refractivity contribution in [3.8, 4) is 0 Å². The quantitative estimate of drug-likeness (QED) is 0.474. The zero-order valence-corrected chi connectivity index (χ0v) is 16.6. The molecule has 0 aromatic heterocycles. The third-order valence-corrected chi connectivity index (χ3v) is 7.95. The lowest BCUT2D eigenvalue weighted by Gasteiger charge is -2.51. The molecule has 4 nitrogen and oxygen atoms in total. The van der Waals surface area contributed by atoms with Gasteiger partial charge in [0.05, 0.1) is 18.1 Å². The van der Waals surface area contributed by atoms with Crippen LogP contribution in [0.15, 0.2) is 24.3 Å². The molecule has 2 aliphatic heterocycles. The molecule has 1 N–H and O–H groups in total. The Morgan fingerprint density at radius 3 is 2.79 bits per heavy atom. The van der Waals surface area contributed by atoms with Crippen molar-refractivity contribution in [2.75, 3.05) is 13.2 Å². The van der Waals surface area contributed by atoms with Crippen molar-refractivity contribution >= 4 is 5.97 Å². The van der Waals surface area contributed by atoms with Crippen LogP contribution in [0.3, 0.4) is 0 Å². The lowest BCUT2D eigenvalue weighted by Crippen LogP contribution is -2.50. The molecule has 0 radical (unpaired) electrons. The Labute approximate surface area is 166 Å². The molecule has 2 heterocycles. The summed E-state index contributed by atoms with van der Waals surface area (Å²) in [6, 6.07) is 6.55. The van der Waals surface area contributed by atoms with Gasteiger partial charge in [0.2, 0.25) is 0 Å². The number of epoxide rings is 1. The molecule has 2 saturated heterocycles. The van der Waals surface area contributed by atoms with Gasteiger partial charge in [0.15, 0.2) is 0 Å². The molecule has 28 heavy (non-hydrogen) atoms. The van der Waals surface area contributed by atoms with Crippen LogP contribution in [0.4, 0.5) is 4.39 Å². The van der Waals surface area contributed by atoms with Crippen LogP contribution in [0, 0.1) is 29.0 Å². The fourth-order valence-electron chi connectivity index (χ4n) is 6.38. The van der Waals surface area contributed by atoms with Gasteiger partial charge in [-0.1, -0.05) is 19.1 Å². The van der Waals surface area contributed by atoms with Gasteiger partial charge in [-0.15, -0.1) is 0 Å². The van der Waals surface area contributed by atoms with Crippen LogP contribution in [-0.2, 0) is 20.8 Å². The standard InChI is InChI=1S/C23H30FNO3/c1-22-8-2-9-23(14-27-23)20(22)11-18-17(21(26)28-19(18)12-22)7-10-25-13-15-3-5-16(24)6-4-15/h3-6,17-20,25H,2,7-14H2,1H3/t17-,18+,19+,20?,22+,23?/m0/s1. The lowest BCUT2D eigenvalue weighted by atomic mass is 9.53. The molecule has 6 atom stereocenters. The first-order valence-corrected chi connectivity index (χ1v) is 10.8. The van der Waals surface area contributed by atoms with E-state index in [1.165, 1.54) is 31.4 Å². The van der Waals surface area contributed by atoms with Crippen LogP contribution in [0.5, 0.6) is 0 Å². The van der Waals surface area contributed by atoms with Gasteiger partial charge in [-0.3, -0.25) is 4.79 Å². The minimum absolute atomic E-state index is 0.00649. The summed E-state index contributed by atoms with van der Waals surface area (Å²) in [6.07, 6.45) is 6.60. The van der Waals surface area contributed by atoms with E-state index in [-0.39, 0.29) is 34.8 Å². The van der Waals surface area contributed by atoms with Crippen LogP contribution >= 0.6 is 0 Å². The minimum atomic E-state index is -0.215. The molecule has 0 amide bonds. The average molecular weight is 387 g/mol. The molecule has 1 aromatic carbocycles. The van der Waals surface area contributed by atoms with Gasteiger partial charge >= 0.3 is 5.97 Å². The fourth-order valence-corrected chi connectivity index (χ4v) is 6.38. The Morgan fingerprint density at radius 2 is 2.04 bits per heavy atom. The molecule has 2 aliphatic carbocycles. The van der Waals surface area contributed by atoms with Crippen molar-refractivity contribution in [2.24, 2.45) is 23.2 Å². The number of carbonyl (C=O) groups is 1. The number of esters is 1. The van der Waals surface area contributed by atoms with Gasteiger partial charge < -0.3 is 14.8 Å². The van der Waals surface area contributed by atoms with Crippen molar-refractivity contribution in [1.29, 1.82) is 0 Å². The number of hydrogen-bond acceptors (Lipinski definition) is 4. The Morgan fingerprint density at radius 1 is 1.25 bits per heavy atom. The Bertz CT molecular complexity index is 747. The number of carbonyl (C=O) groups excluding carboxylic acids is 1. The average Bonchev–Trinajstić information content (AvgIpc) is 3.36. The molecule has 2 unspecified atom stereocenters. The first kappa shape index (κ1) is 18.6. The number of hydrogen-bond donors (Lipinski definition) is 1. The lowest BCUT2D eigenvalue weighted by molar-refractivity contribution is -0.147. The van der Waals surface area contributed by atoms with E-state index in [0.717, 1.165) is 38.0 Å². The molecule has 4 fully saturated rings. The van der Waals surface area contributed by atoms with E-state index in [0.29, 0.717) is 18.4 Å². The number of fused-ring (bicyclic) bond motifs is 3. The third kappa shape index (κ3) is 3.17. The van der Waals surface area contributed by atoms with Gasteiger partial charge in [-0.2, -0.15) is 0 Å². The summed E-state index contributed by atoms with van der Waals surface area (Å²) in [5.74, 6) is 0.670. The molecule has 2 saturated carbocycles. The second kappa shape index (κ2) is 6.81. The highest BCUT2D eigenvalue weighted by molar-refractivity contribution is 5.75. The highest BCUT2D eigenvalue weighted by Crippen LogP contribution is 2.63. The summed E-state index contributed by atoms with van der Waals surface area (Å²) < 4.78 is 24.8. The van der Waals surface area contributed by atoms with Gasteiger partial charge in [-0.05, 0) is 74.1 Å². The molecule has 152 valence electrons. The Balaban J connectivity index is 1.20. The van der Waals surface area contributed by atoms with Crippen molar-refractivity contribution < 1.29 is 18.7 Å². The van der Waals surface area contributed by atoms with Crippen LogP contribution in [0.25, 0.3) is 0 Å². The first-order chi connectivity index (χ1) is 13.5. The van der Waals surface area contributed by atoms with E-state index in [2.05, 4.69) is 12.2 Å². The number of nitrogens with one attached hydrogen (secondary N) is 1. The van der Waals surface area contributed by atoms with Gasteiger partial charge in [0.25, 0.3) is 0 Å². The molecule has 1 aromatic rings. The first-order valence-electron chi connectivity index (χ1n) is 10.8. The number of rotatable bonds is 5. The van der Waals surface area contributed by atoms with E-state index >= 15 is 0 Å². The monoisotopic (exact) mass is 387 g/mol. The van der Waals surface area contributed by atoms with Crippen molar-refractivity contribution in [3.05, 3.63) is 35.6 Å². The maximum absolute atomic E-state index is 13.0. The van der Waals surface area contributed by atoms with E-state index in [1.54, 1.807) is 12.1 Å². The second-order valence-electron chi connectivity index (χ2n) is 9.69. The summed E-state index contributed by atoms with van der Waals surface area (Å²) in [5, 5.41) is 3.40. The summed E-state index contributed by atoms with van der Waals surface area (Å²) in [5.41, 5.74) is 1.41. The maximum Gasteiger partial charge on any atom is 0.309 e. The zero-order chi connectivity index (χ0) is 19.4. The minimum Gasteiger partial charge on any atom is -0.462 e. The normalized spacial score (nSPS) is 41.4. The number of benzene rings is 1. The summed E-state index contributed by atoms with van der Waals surface area (Å²) in [6.45, 7) is 4.75. The zero-order valence-electron chi connectivity index (χ0n) is 16.6. The molecule has 0 bridgehead atoms. The van der Waals surface area contributed by atoms with Crippen molar-refractivity contribution in [2.45, 2.75) is 63.7 Å². The third-order valence-electron chi connectivity index (χ3n) is 7.95. The van der Waals surface area contributed by atoms with Gasteiger partial charge in [-0.25, -0.2) is 4.39 Å². The van der Waals surface area contributed by atoms with Gasteiger partial charge in [0.1, 0.15) is 11.9 Å². The largest absolute Gasteiger partial charge is 0.462 e. The molecule has 1 spiro atoms. The summed E-state index contributed by atoms with van der Waals surface area (Å²) in [7, 11) is 0. The summed E-state index contributed by atoms with van der Waals surface area (Å²) in [4.78, 5) is 12.6. The van der Waals surface area contributed by atoms with E-state index in [1.807, 2.05) is 0 Å². The summed E-state index contributed by atoms with van der Waals surface area (Å²) >= 11 is 0. The van der Waals surface area contributed by atoms with Crippen molar-refractivity contribution in [1.82, 2.24) is 5.32 Å². The number of ether oxygens (including phenoxy) is 2. The molecule has 5 rings (SSSR count). The number of halogens is 1. The van der Waals surface area contributed by atoms with E-state index in [9.17, 15) is 9.18 Å². The topological polar surface area (TPSA) is 50.9 Å². The predicted octanol–water partition coefficient (Wildman–Crippen LogP) is 3.83. The van der Waals surface area contributed by atoms with Crippen LogP contribution in [-0.4, -0.2) is 30.8 Å². The fraction of sp³-hybridized carbons (Fsp3) is 0.696. The Kier molecular flexibility index (Phi) is 4.51. The molecular weight excluding hydrogens is 357 g/mol. The molecule has 5 heteroatoms. The SMILES string of the molecule is C[C@]12CCCC3(CO3)C1C[C@@H]1[C@H](CCNCc3ccc(F)cc3)C(=O)O[C@@H]1C2. The van der Waals surface area contributed by atoms with E-state index < -0.39 is 0 Å². The predicted molar refractivity (Wildman–Crippen MR) is 103 cm³/mol. The van der Waals surface area contributed by atoms with Crippen LogP contribution in [0.1, 0.15) is 51.0 Å². The highest BCUT2D eigenvalue weighted by Gasteiger charge is 2.64. The smallest absolute Gasteiger partial charge is 0.309 e.